The standard InChI is InChI=1S/C11H14O6/c1-7(2)11(16)17-5-3-4-8(10(14)15)6-9(12)13/h6H,1,3-5H2,2H3,(H,12,13)(H,14,15)/b8-6+. The van der Waals surface area contributed by atoms with Crippen molar-refractivity contribution in [1.82, 2.24) is 0 Å². The number of hydrogen-bond donors (Lipinski definition) is 2. The molecule has 0 saturated heterocycles. The van der Waals surface area contributed by atoms with Crippen LogP contribution < -0.4 is 0 Å². The zero-order valence-electron chi connectivity index (χ0n) is 9.43. The molecule has 0 heterocycles. The maximum Gasteiger partial charge on any atom is 0.333 e. The second-order valence-electron chi connectivity index (χ2n) is 3.33. The number of hydrogen-bond acceptors (Lipinski definition) is 4. The molecule has 0 spiro atoms. The van der Waals surface area contributed by atoms with E-state index in [1.807, 2.05) is 0 Å². The van der Waals surface area contributed by atoms with Crippen molar-refractivity contribution in [1.29, 1.82) is 0 Å². The zero-order chi connectivity index (χ0) is 13.4. The topological polar surface area (TPSA) is 101 Å². The molecule has 17 heavy (non-hydrogen) atoms. The van der Waals surface area contributed by atoms with Crippen molar-refractivity contribution >= 4 is 17.9 Å². The summed E-state index contributed by atoms with van der Waals surface area (Å²) in [6.45, 7) is 4.90. The Hall–Kier alpha value is -2.11. The summed E-state index contributed by atoms with van der Waals surface area (Å²) in [6, 6.07) is 0. The highest BCUT2D eigenvalue weighted by atomic mass is 16.5. The molecule has 0 aromatic rings. The Morgan fingerprint density at radius 2 is 1.88 bits per heavy atom. The van der Waals surface area contributed by atoms with E-state index in [-0.39, 0.29) is 30.6 Å². The number of rotatable bonds is 7. The van der Waals surface area contributed by atoms with Gasteiger partial charge >= 0.3 is 17.9 Å². The van der Waals surface area contributed by atoms with Crippen LogP contribution in [-0.2, 0) is 19.1 Å². The molecule has 6 nitrogen and oxygen atoms in total. The van der Waals surface area contributed by atoms with Gasteiger partial charge in [0.05, 0.1) is 6.61 Å². The van der Waals surface area contributed by atoms with Crippen LogP contribution in [0.4, 0.5) is 0 Å². The molecule has 6 heteroatoms. The summed E-state index contributed by atoms with van der Waals surface area (Å²) >= 11 is 0. The first-order valence-corrected chi connectivity index (χ1v) is 4.84. The van der Waals surface area contributed by atoms with Gasteiger partial charge in [-0.25, -0.2) is 14.4 Å². The van der Waals surface area contributed by atoms with Gasteiger partial charge in [-0.2, -0.15) is 0 Å². The third-order valence-corrected chi connectivity index (χ3v) is 1.74. The molecule has 0 unspecified atom stereocenters. The van der Waals surface area contributed by atoms with Crippen molar-refractivity contribution in [3.05, 3.63) is 23.8 Å². The first-order chi connectivity index (χ1) is 7.84. The normalized spacial score (nSPS) is 10.8. The van der Waals surface area contributed by atoms with Gasteiger partial charge in [0, 0.05) is 17.2 Å². The van der Waals surface area contributed by atoms with Crippen LogP contribution in [0.1, 0.15) is 19.8 Å². The largest absolute Gasteiger partial charge is 0.478 e. The predicted octanol–water partition coefficient (Wildman–Crippen LogP) is 0.982. The first-order valence-electron chi connectivity index (χ1n) is 4.84. The van der Waals surface area contributed by atoms with Crippen LogP contribution >= 0.6 is 0 Å². The Morgan fingerprint density at radius 1 is 1.29 bits per heavy atom. The van der Waals surface area contributed by atoms with Gasteiger partial charge in [-0.3, -0.25) is 0 Å². The SMILES string of the molecule is C=C(C)C(=O)OCCC/C(=C\C(=O)O)C(=O)O. The highest BCUT2D eigenvalue weighted by molar-refractivity contribution is 5.94. The van der Waals surface area contributed by atoms with Crippen LogP contribution in [-0.4, -0.2) is 34.7 Å². The fraction of sp³-hybridized carbons (Fsp3) is 0.364. The number of carboxylic acid groups (broad SMARTS) is 2. The highest BCUT2D eigenvalue weighted by Crippen LogP contribution is 2.06. The minimum Gasteiger partial charge on any atom is -0.478 e. The van der Waals surface area contributed by atoms with Crippen molar-refractivity contribution in [3.63, 3.8) is 0 Å². The van der Waals surface area contributed by atoms with Gasteiger partial charge < -0.3 is 14.9 Å². The Kier molecular flexibility index (Phi) is 6.32. The van der Waals surface area contributed by atoms with E-state index in [9.17, 15) is 14.4 Å². The number of carbonyl (C=O) groups is 3. The third-order valence-electron chi connectivity index (χ3n) is 1.74. The Morgan fingerprint density at radius 3 is 2.29 bits per heavy atom. The summed E-state index contributed by atoms with van der Waals surface area (Å²) < 4.78 is 4.73. The molecule has 0 atom stereocenters. The molecule has 0 saturated carbocycles. The van der Waals surface area contributed by atoms with Crippen LogP contribution in [0, 0.1) is 0 Å². The van der Waals surface area contributed by atoms with Gasteiger partial charge in [-0.15, -0.1) is 0 Å². The summed E-state index contributed by atoms with van der Waals surface area (Å²) in [4.78, 5) is 31.9. The minimum atomic E-state index is -1.32. The molecule has 2 N–H and O–H groups in total. The molecule has 94 valence electrons. The Balaban J connectivity index is 4.09. The number of aliphatic carboxylic acids is 2. The first kappa shape index (κ1) is 14.9. The molecule has 0 aliphatic carbocycles. The molecule has 0 amide bonds. The van der Waals surface area contributed by atoms with E-state index in [1.165, 1.54) is 6.92 Å². The molecule has 0 aromatic carbocycles. The van der Waals surface area contributed by atoms with Crippen molar-refractivity contribution in [2.75, 3.05) is 6.61 Å². The summed E-state index contributed by atoms with van der Waals surface area (Å²) in [6.07, 6.45) is 0.887. The molecule has 0 aliphatic rings. The van der Waals surface area contributed by atoms with E-state index in [0.29, 0.717) is 6.08 Å². The molecule has 0 bridgehead atoms. The fourth-order valence-corrected chi connectivity index (χ4v) is 0.941. The molecular weight excluding hydrogens is 228 g/mol. The summed E-state index contributed by atoms with van der Waals surface area (Å²) in [5.41, 5.74) is 0.0217. The van der Waals surface area contributed by atoms with Gasteiger partial charge in [0.1, 0.15) is 0 Å². The second kappa shape index (κ2) is 7.21. The number of carbonyl (C=O) groups excluding carboxylic acids is 1. The van der Waals surface area contributed by atoms with E-state index in [0.717, 1.165) is 0 Å². The monoisotopic (exact) mass is 242 g/mol. The van der Waals surface area contributed by atoms with Crippen molar-refractivity contribution < 1.29 is 29.3 Å². The van der Waals surface area contributed by atoms with Gasteiger partial charge in [-0.05, 0) is 19.8 Å². The van der Waals surface area contributed by atoms with E-state index >= 15 is 0 Å². The lowest BCUT2D eigenvalue weighted by molar-refractivity contribution is -0.139. The average Bonchev–Trinajstić information content (AvgIpc) is 2.21. The Bertz CT molecular complexity index is 366. The molecule has 0 radical (unpaired) electrons. The van der Waals surface area contributed by atoms with Gasteiger partial charge in [0.15, 0.2) is 0 Å². The fourth-order valence-electron chi connectivity index (χ4n) is 0.941. The van der Waals surface area contributed by atoms with Crippen LogP contribution in [0.15, 0.2) is 23.8 Å². The Labute approximate surface area is 98.2 Å². The quantitative estimate of drug-likeness (QED) is 0.392. The third kappa shape index (κ3) is 6.88. The van der Waals surface area contributed by atoms with Crippen molar-refractivity contribution in [3.8, 4) is 0 Å². The number of esters is 1. The maximum absolute atomic E-state index is 11.0. The molecule has 0 fully saturated rings. The van der Waals surface area contributed by atoms with E-state index in [2.05, 4.69) is 6.58 Å². The molecule has 0 aliphatic heterocycles. The molecule has 0 aromatic heterocycles. The van der Waals surface area contributed by atoms with E-state index in [1.54, 1.807) is 0 Å². The lowest BCUT2D eigenvalue weighted by Gasteiger charge is -2.04. The van der Waals surface area contributed by atoms with Crippen molar-refractivity contribution in [2.24, 2.45) is 0 Å². The minimum absolute atomic E-state index is 0.0190. The van der Waals surface area contributed by atoms with Gasteiger partial charge in [0.25, 0.3) is 0 Å². The lowest BCUT2D eigenvalue weighted by Crippen LogP contribution is -2.09. The van der Waals surface area contributed by atoms with E-state index < -0.39 is 17.9 Å². The molecule has 0 rings (SSSR count). The van der Waals surface area contributed by atoms with Crippen molar-refractivity contribution in [2.45, 2.75) is 19.8 Å². The van der Waals surface area contributed by atoms with Crippen LogP contribution in [0.25, 0.3) is 0 Å². The average molecular weight is 242 g/mol. The zero-order valence-corrected chi connectivity index (χ0v) is 9.43. The highest BCUT2D eigenvalue weighted by Gasteiger charge is 2.10. The van der Waals surface area contributed by atoms with Crippen LogP contribution in [0.5, 0.6) is 0 Å². The van der Waals surface area contributed by atoms with Gasteiger partial charge in [0.2, 0.25) is 0 Å². The number of carboxylic acids is 2. The van der Waals surface area contributed by atoms with Crippen LogP contribution in [0.3, 0.4) is 0 Å². The van der Waals surface area contributed by atoms with E-state index in [4.69, 9.17) is 14.9 Å². The predicted molar refractivity (Wildman–Crippen MR) is 58.4 cm³/mol. The molecular formula is C11H14O6. The summed E-state index contributed by atoms with van der Waals surface area (Å²) in [7, 11) is 0. The lowest BCUT2D eigenvalue weighted by atomic mass is 10.1. The smallest absolute Gasteiger partial charge is 0.333 e. The number of ether oxygens (including phenoxy) is 1. The van der Waals surface area contributed by atoms with Crippen LogP contribution in [0.2, 0.25) is 0 Å². The second-order valence-corrected chi connectivity index (χ2v) is 3.33. The summed E-state index contributed by atoms with van der Waals surface area (Å²) in [5, 5.41) is 17.1. The van der Waals surface area contributed by atoms with Gasteiger partial charge in [-0.1, -0.05) is 6.58 Å². The maximum atomic E-state index is 11.0. The summed E-state index contributed by atoms with van der Waals surface area (Å²) in [5.74, 6) is -3.16.